The summed E-state index contributed by atoms with van der Waals surface area (Å²) in [5.74, 6) is 0.147. The van der Waals surface area contributed by atoms with Gasteiger partial charge in [0.1, 0.15) is 0 Å². The SMILES string of the molecule is Cc1ccc(NC(=O)C2(C3=CCCC=C3)CC2)cc1. The number of hydrogen-bond acceptors (Lipinski definition) is 1. The molecule has 1 fully saturated rings. The van der Waals surface area contributed by atoms with Gasteiger partial charge in [0.2, 0.25) is 5.91 Å². The third-order valence-electron chi connectivity index (χ3n) is 4.04. The van der Waals surface area contributed by atoms with Crippen molar-refractivity contribution in [3.8, 4) is 0 Å². The molecule has 2 aliphatic rings. The average Bonchev–Trinajstić information content (AvgIpc) is 3.24. The van der Waals surface area contributed by atoms with Crippen molar-refractivity contribution in [3.05, 3.63) is 53.6 Å². The van der Waals surface area contributed by atoms with Gasteiger partial charge in [0.05, 0.1) is 5.41 Å². The largest absolute Gasteiger partial charge is 0.325 e. The van der Waals surface area contributed by atoms with Crippen LogP contribution >= 0.6 is 0 Å². The molecule has 1 N–H and O–H groups in total. The molecule has 1 amide bonds. The molecule has 0 bridgehead atoms. The van der Waals surface area contributed by atoms with Crippen LogP contribution in [0, 0.1) is 12.3 Å². The van der Waals surface area contributed by atoms with E-state index < -0.39 is 0 Å². The van der Waals surface area contributed by atoms with Crippen LogP contribution in [0.25, 0.3) is 0 Å². The van der Waals surface area contributed by atoms with Gasteiger partial charge in [-0.1, -0.05) is 35.9 Å². The van der Waals surface area contributed by atoms with Crippen LogP contribution in [0.5, 0.6) is 0 Å². The van der Waals surface area contributed by atoms with Crippen molar-refractivity contribution in [2.24, 2.45) is 5.41 Å². The van der Waals surface area contributed by atoms with E-state index in [1.807, 2.05) is 31.2 Å². The zero-order valence-corrected chi connectivity index (χ0v) is 11.3. The van der Waals surface area contributed by atoms with Crippen molar-refractivity contribution in [1.29, 1.82) is 0 Å². The number of aryl methyl sites for hydroxylation is 1. The summed E-state index contributed by atoms with van der Waals surface area (Å²) >= 11 is 0. The number of carbonyl (C=O) groups is 1. The molecule has 3 rings (SSSR count). The molecule has 98 valence electrons. The molecule has 0 aromatic heterocycles. The summed E-state index contributed by atoms with van der Waals surface area (Å²) in [4.78, 5) is 12.5. The molecule has 0 aliphatic heterocycles. The van der Waals surface area contributed by atoms with Gasteiger partial charge in [-0.25, -0.2) is 0 Å². The minimum atomic E-state index is -0.248. The molecule has 0 spiro atoms. The van der Waals surface area contributed by atoms with Gasteiger partial charge < -0.3 is 5.32 Å². The molecule has 1 aromatic carbocycles. The Bertz CT molecular complexity index is 547. The van der Waals surface area contributed by atoms with Crippen LogP contribution in [0.4, 0.5) is 5.69 Å². The lowest BCUT2D eigenvalue weighted by Crippen LogP contribution is -2.25. The Labute approximate surface area is 114 Å². The Morgan fingerprint density at radius 1 is 1.16 bits per heavy atom. The predicted molar refractivity (Wildman–Crippen MR) is 77.9 cm³/mol. The Hall–Kier alpha value is -1.83. The zero-order chi connectivity index (χ0) is 13.3. The maximum atomic E-state index is 12.5. The van der Waals surface area contributed by atoms with E-state index in [2.05, 4.69) is 23.5 Å². The number of rotatable bonds is 3. The van der Waals surface area contributed by atoms with Crippen LogP contribution in [-0.2, 0) is 4.79 Å². The first-order valence-corrected chi connectivity index (χ1v) is 6.96. The van der Waals surface area contributed by atoms with Crippen LogP contribution in [0.3, 0.4) is 0 Å². The minimum Gasteiger partial charge on any atom is -0.325 e. The average molecular weight is 253 g/mol. The second-order valence-corrected chi connectivity index (χ2v) is 5.54. The van der Waals surface area contributed by atoms with E-state index in [-0.39, 0.29) is 11.3 Å². The summed E-state index contributed by atoms with van der Waals surface area (Å²) in [6, 6.07) is 7.98. The van der Waals surface area contributed by atoms with Crippen molar-refractivity contribution in [3.63, 3.8) is 0 Å². The topological polar surface area (TPSA) is 29.1 Å². The minimum absolute atomic E-state index is 0.147. The molecular weight excluding hydrogens is 234 g/mol. The fraction of sp³-hybridized carbons (Fsp3) is 0.353. The lowest BCUT2D eigenvalue weighted by molar-refractivity contribution is -0.119. The number of anilines is 1. The van der Waals surface area contributed by atoms with Crippen molar-refractivity contribution in [2.75, 3.05) is 5.32 Å². The first-order chi connectivity index (χ1) is 9.21. The molecule has 2 aliphatic carbocycles. The molecule has 0 saturated heterocycles. The number of carbonyl (C=O) groups excluding carboxylic acids is 1. The van der Waals surface area contributed by atoms with Crippen LogP contribution in [0.2, 0.25) is 0 Å². The second-order valence-electron chi connectivity index (χ2n) is 5.54. The van der Waals surface area contributed by atoms with E-state index in [9.17, 15) is 4.79 Å². The first kappa shape index (κ1) is 12.2. The number of allylic oxidation sites excluding steroid dienone is 3. The summed E-state index contributed by atoms with van der Waals surface area (Å²) in [5, 5.41) is 3.06. The van der Waals surface area contributed by atoms with Gasteiger partial charge in [-0.3, -0.25) is 4.79 Å². The maximum absolute atomic E-state index is 12.5. The first-order valence-electron chi connectivity index (χ1n) is 6.96. The van der Waals surface area contributed by atoms with E-state index in [0.29, 0.717) is 0 Å². The summed E-state index contributed by atoms with van der Waals surface area (Å²) in [6.45, 7) is 2.05. The van der Waals surface area contributed by atoms with Crippen LogP contribution in [0.1, 0.15) is 31.2 Å². The van der Waals surface area contributed by atoms with Crippen molar-refractivity contribution in [1.82, 2.24) is 0 Å². The molecule has 0 radical (unpaired) electrons. The summed E-state index contributed by atoms with van der Waals surface area (Å²) in [6.07, 6.45) is 10.6. The van der Waals surface area contributed by atoms with Gasteiger partial charge >= 0.3 is 0 Å². The third-order valence-corrected chi connectivity index (χ3v) is 4.04. The Morgan fingerprint density at radius 2 is 1.89 bits per heavy atom. The summed E-state index contributed by atoms with van der Waals surface area (Å²) in [7, 11) is 0. The number of benzene rings is 1. The van der Waals surface area contributed by atoms with Gasteiger partial charge in [-0.05, 0) is 50.3 Å². The van der Waals surface area contributed by atoms with Crippen LogP contribution in [0.15, 0.2) is 48.1 Å². The molecule has 19 heavy (non-hydrogen) atoms. The maximum Gasteiger partial charge on any atom is 0.235 e. The van der Waals surface area contributed by atoms with Crippen molar-refractivity contribution in [2.45, 2.75) is 32.6 Å². The molecule has 0 unspecified atom stereocenters. The smallest absolute Gasteiger partial charge is 0.235 e. The van der Waals surface area contributed by atoms with Gasteiger partial charge in [0.15, 0.2) is 0 Å². The van der Waals surface area contributed by atoms with Gasteiger partial charge in [0, 0.05) is 5.69 Å². The number of nitrogens with one attached hydrogen (secondary N) is 1. The van der Waals surface area contributed by atoms with Gasteiger partial charge in [0.25, 0.3) is 0 Å². The monoisotopic (exact) mass is 253 g/mol. The Kier molecular flexibility index (Phi) is 3.02. The Balaban J connectivity index is 1.75. The second kappa shape index (κ2) is 4.69. The lowest BCUT2D eigenvalue weighted by Gasteiger charge is -2.18. The summed E-state index contributed by atoms with van der Waals surface area (Å²) < 4.78 is 0. The predicted octanol–water partition coefficient (Wildman–Crippen LogP) is 3.99. The zero-order valence-electron chi connectivity index (χ0n) is 11.3. The fourth-order valence-corrected chi connectivity index (χ4v) is 2.63. The highest BCUT2D eigenvalue weighted by Gasteiger charge is 2.51. The number of amides is 1. The van der Waals surface area contributed by atoms with Crippen molar-refractivity contribution < 1.29 is 4.79 Å². The van der Waals surface area contributed by atoms with E-state index in [0.717, 1.165) is 31.4 Å². The van der Waals surface area contributed by atoms with E-state index >= 15 is 0 Å². The molecule has 0 atom stereocenters. The quantitative estimate of drug-likeness (QED) is 0.867. The van der Waals surface area contributed by atoms with E-state index in [4.69, 9.17) is 0 Å². The molecular formula is C17H19NO. The normalized spacial score (nSPS) is 19.7. The lowest BCUT2D eigenvalue weighted by atomic mass is 9.90. The standard InChI is InChI=1S/C17H19NO/c1-13-7-9-15(10-8-13)18-16(19)17(11-12-17)14-5-3-2-4-6-14/h3,5-10H,2,4,11-12H2,1H3,(H,18,19). The number of hydrogen-bond donors (Lipinski definition) is 1. The highest BCUT2D eigenvalue weighted by atomic mass is 16.2. The molecule has 2 heteroatoms. The highest BCUT2D eigenvalue weighted by molar-refractivity contribution is 6.00. The fourth-order valence-electron chi connectivity index (χ4n) is 2.63. The Morgan fingerprint density at radius 3 is 2.47 bits per heavy atom. The molecule has 1 saturated carbocycles. The highest BCUT2D eigenvalue weighted by Crippen LogP contribution is 2.53. The molecule has 0 heterocycles. The summed E-state index contributed by atoms with van der Waals surface area (Å²) in [5.41, 5.74) is 3.06. The van der Waals surface area contributed by atoms with Gasteiger partial charge in [-0.2, -0.15) is 0 Å². The molecule has 1 aromatic rings. The van der Waals surface area contributed by atoms with E-state index in [1.165, 1.54) is 11.1 Å². The molecule has 2 nitrogen and oxygen atoms in total. The third kappa shape index (κ3) is 2.35. The van der Waals surface area contributed by atoms with E-state index in [1.54, 1.807) is 0 Å². The van der Waals surface area contributed by atoms with Crippen LogP contribution < -0.4 is 5.32 Å². The van der Waals surface area contributed by atoms with Gasteiger partial charge in [-0.15, -0.1) is 0 Å². The van der Waals surface area contributed by atoms with Crippen molar-refractivity contribution >= 4 is 11.6 Å². The van der Waals surface area contributed by atoms with Crippen LogP contribution in [-0.4, -0.2) is 5.91 Å².